The van der Waals surface area contributed by atoms with Crippen LogP contribution in [0.15, 0.2) is 90.0 Å². The summed E-state index contributed by atoms with van der Waals surface area (Å²) in [5, 5.41) is 0. The predicted molar refractivity (Wildman–Crippen MR) is 118 cm³/mol. The third-order valence-electron chi connectivity index (χ3n) is 6.33. The highest BCUT2D eigenvalue weighted by Gasteiger charge is 2.35. The zero-order valence-corrected chi connectivity index (χ0v) is 17.2. The van der Waals surface area contributed by atoms with Crippen molar-refractivity contribution in [2.24, 2.45) is 0 Å². The van der Waals surface area contributed by atoms with Gasteiger partial charge in [-0.15, -0.1) is 0 Å². The quantitative estimate of drug-likeness (QED) is 0.614. The fourth-order valence-electron chi connectivity index (χ4n) is 4.77. The van der Waals surface area contributed by atoms with E-state index >= 15 is 0 Å². The third kappa shape index (κ3) is 3.41. The number of methoxy groups -OCH3 is 1. The van der Waals surface area contributed by atoms with E-state index in [-0.39, 0.29) is 11.8 Å². The van der Waals surface area contributed by atoms with Crippen LogP contribution in [0.1, 0.15) is 34.6 Å². The average molecular weight is 396 g/mol. The Hall–Kier alpha value is -3.33. The van der Waals surface area contributed by atoms with E-state index in [0.29, 0.717) is 6.54 Å². The molecule has 0 saturated heterocycles. The Morgan fingerprint density at radius 2 is 1.67 bits per heavy atom. The molecule has 1 aliphatic carbocycles. The molecule has 2 aliphatic rings. The summed E-state index contributed by atoms with van der Waals surface area (Å²) in [5.41, 5.74) is 7.39. The highest BCUT2D eigenvalue weighted by atomic mass is 16.5. The number of nitrogens with zero attached hydrogens (tertiary/aromatic N) is 1. The summed E-state index contributed by atoms with van der Waals surface area (Å²) in [6, 6.07) is 27.3. The summed E-state index contributed by atoms with van der Waals surface area (Å²) < 4.78 is 5.25. The fourth-order valence-corrected chi connectivity index (χ4v) is 4.77. The summed E-state index contributed by atoms with van der Waals surface area (Å²) >= 11 is 0. The summed E-state index contributed by atoms with van der Waals surface area (Å²) in [6.45, 7) is 1.35. The molecule has 0 saturated carbocycles. The fraction of sp³-hybridized carbons (Fsp3) is 0.222. The van der Waals surface area contributed by atoms with Crippen LogP contribution in [0, 0.1) is 0 Å². The minimum Gasteiger partial charge on any atom is -0.497 e. The molecule has 5 rings (SSSR count). The lowest BCUT2D eigenvalue weighted by Crippen LogP contribution is -2.27. The molecule has 3 nitrogen and oxygen atoms in total. The molecule has 0 spiro atoms. The molecule has 1 unspecified atom stereocenters. The Morgan fingerprint density at radius 3 is 2.43 bits per heavy atom. The number of rotatable bonds is 4. The Kier molecular flexibility index (Phi) is 4.88. The van der Waals surface area contributed by atoms with Crippen molar-refractivity contribution in [3.63, 3.8) is 0 Å². The molecule has 0 N–H and O–H groups in total. The lowest BCUT2D eigenvalue weighted by molar-refractivity contribution is -0.126. The van der Waals surface area contributed by atoms with Gasteiger partial charge in [-0.2, -0.15) is 0 Å². The molecule has 1 aliphatic heterocycles. The zero-order chi connectivity index (χ0) is 20.5. The SMILES string of the molecule is COc1ccc(CN2CC3=C(CC(c4ccccc4)c4ccccc4C3)C2=O)cc1. The maximum absolute atomic E-state index is 13.4. The molecule has 3 aromatic carbocycles. The van der Waals surface area contributed by atoms with Gasteiger partial charge >= 0.3 is 0 Å². The Labute approximate surface area is 177 Å². The molecule has 0 fully saturated rings. The molecule has 0 radical (unpaired) electrons. The van der Waals surface area contributed by atoms with Crippen molar-refractivity contribution in [2.75, 3.05) is 13.7 Å². The van der Waals surface area contributed by atoms with Crippen molar-refractivity contribution in [1.82, 2.24) is 4.90 Å². The highest BCUT2D eigenvalue weighted by Crippen LogP contribution is 2.41. The molecule has 1 amide bonds. The summed E-state index contributed by atoms with van der Waals surface area (Å²) in [6.07, 6.45) is 1.63. The molecule has 1 atom stereocenters. The largest absolute Gasteiger partial charge is 0.497 e. The van der Waals surface area contributed by atoms with E-state index in [2.05, 4.69) is 48.5 Å². The Morgan fingerprint density at radius 1 is 0.933 bits per heavy atom. The van der Waals surface area contributed by atoms with Crippen molar-refractivity contribution < 1.29 is 9.53 Å². The third-order valence-corrected chi connectivity index (χ3v) is 6.33. The minimum atomic E-state index is 0.189. The van der Waals surface area contributed by atoms with Crippen LogP contribution < -0.4 is 4.74 Å². The normalized spacial score (nSPS) is 18.1. The van der Waals surface area contributed by atoms with Crippen molar-refractivity contribution in [3.05, 3.63) is 112 Å². The van der Waals surface area contributed by atoms with Crippen LogP contribution in [-0.4, -0.2) is 24.5 Å². The van der Waals surface area contributed by atoms with Crippen LogP contribution >= 0.6 is 0 Å². The number of fused-ring (bicyclic) bond motifs is 1. The van der Waals surface area contributed by atoms with Crippen LogP contribution in [0.3, 0.4) is 0 Å². The van der Waals surface area contributed by atoms with E-state index < -0.39 is 0 Å². The van der Waals surface area contributed by atoms with Gasteiger partial charge in [0.25, 0.3) is 0 Å². The molecule has 0 bridgehead atoms. The maximum Gasteiger partial charge on any atom is 0.250 e. The van der Waals surface area contributed by atoms with Gasteiger partial charge < -0.3 is 9.64 Å². The van der Waals surface area contributed by atoms with E-state index in [1.807, 2.05) is 35.2 Å². The van der Waals surface area contributed by atoms with Gasteiger partial charge in [-0.3, -0.25) is 4.79 Å². The number of amides is 1. The van der Waals surface area contributed by atoms with Gasteiger partial charge in [-0.25, -0.2) is 0 Å². The molecular formula is C27H25NO2. The second-order valence-electron chi connectivity index (χ2n) is 8.13. The maximum atomic E-state index is 13.4. The van der Waals surface area contributed by atoms with Crippen molar-refractivity contribution in [1.29, 1.82) is 0 Å². The number of ether oxygens (including phenoxy) is 1. The molecule has 3 heteroatoms. The first-order valence-electron chi connectivity index (χ1n) is 10.5. The molecule has 150 valence electrons. The molecule has 1 heterocycles. The van der Waals surface area contributed by atoms with Crippen LogP contribution in [0.5, 0.6) is 5.75 Å². The van der Waals surface area contributed by atoms with Crippen LogP contribution in [0.4, 0.5) is 0 Å². The van der Waals surface area contributed by atoms with Gasteiger partial charge in [-0.1, -0.05) is 66.7 Å². The van der Waals surface area contributed by atoms with Gasteiger partial charge in [-0.05, 0) is 52.8 Å². The number of hydrogen-bond acceptors (Lipinski definition) is 2. The smallest absolute Gasteiger partial charge is 0.250 e. The van der Waals surface area contributed by atoms with Crippen LogP contribution in [0.2, 0.25) is 0 Å². The summed E-state index contributed by atoms with van der Waals surface area (Å²) in [7, 11) is 1.67. The Balaban J connectivity index is 1.44. The molecule has 3 aromatic rings. The van der Waals surface area contributed by atoms with Crippen molar-refractivity contribution in [2.45, 2.75) is 25.3 Å². The zero-order valence-electron chi connectivity index (χ0n) is 17.2. The second-order valence-corrected chi connectivity index (χ2v) is 8.13. The van der Waals surface area contributed by atoms with Gasteiger partial charge in [0.2, 0.25) is 5.91 Å². The predicted octanol–water partition coefficient (Wildman–Crippen LogP) is 5.11. The van der Waals surface area contributed by atoms with Gasteiger partial charge in [0, 0.05) is 24.6 Å². The van der Waals surface area contributed by atoms with E-state index in [1.54, 1.807) is 7.11 Å². The highest BCUT2D eigenvalue weighted by molar-refractivity contribution is 5.97. The number of hydrogen-bond donors (Lipinski definition) is 0. The number of benzene rings is 3. The molecular weight excluding hydrogens is 370 g/mol. The van der Waals surface area contributed by atoms with Gasteiger partial charge in [0.05, 0.1) is 7.11 Å². The van der Waals surface area contributed by atoms with Crippen molar-refractivity contribution >= 4 is 5.91 Å². The average Bonchev–Trinajstić information content (AvgIpc) is 2.97. The van der Waals surface area contributed by atoms with E-state index in [4.69, 9.17) is 4.74 Å². The minimum absolute atomic E-state index is 0.189. The first kappa shape index (κ1) is 18.7. The number of carbonyl (C=O) groups excluding carboxylic acids is 1. The summed E-state index contributed by atoms with van der Waals surface area (Å²) in [5.74, 6) is 1.25. The van der Waals surface area contributed by atoms with E-state index in [9.17, 15) is 4.79 Å². The number of carbonyl (C=O) groups is 1. The van der Waals surface area contributed by atoms with Crippen LogP contribution in [-0.2, 0) is 17.8 Å². The lowest BCUT2D eigenvalue weighted by Gasteiger charge is -2.22. The monoisotopic (exact) mass is 395 g/mol. The first-order chi connectivity index (χ1) is 14.7. The standard InChI is InChI=1S/C27H25NO2/c1-30-23-13-11-19(12-14-23)17-28-18-22-15-21-9-5-6-10-24(21)25(16-26(22)27(28)29)20-7-3-2-4-8-20/h2-14,25H,15-18H2,1H3. The second kappa shape index (κ2) is 7.83. The van der Waals surface area contributed by atoms with Gasteiger partial charge in [0.1, 0.15) is 5.75 Å². The summed E-state index contributed by atoms with van der Waals surface area (Å²) in [4.78, 5) is 15.4. The van der Waals surface area contributed by atoms with Gasteiger partial charge in [0.15, 0.2) is 0 Å². The molecule has 30 heavy (non-hydrogen) atoms. The van der Waals surface area contributed by atoms with Crippen LogP contribution in [0.25, 0.3) is 0 Å². The first-order valence-corrected chi connectivity index (χ1v) is 10.5. The lowest BCUT2D eigenvalue weighted by atomic mass is 9.85. The Bertz CT molecular complexity index is 1100. The van der Waals surface area contributed by atoms with Crippen molar-refractivity contribution in [3.8, 4) is 5.75 Å². The van der Waals surface area contributed by atoms with E-state index in [0.717, 1.165) is 36.3 Å². The van der Waals surface area contributed by atoms with E-state index in [1.165, 1.54) is 22.3 Å². The topological polar surface area (TPSA) is 29.5 Å². The molecule has 0 aromatic heterocycles.